The van der Waals surface area contributed by atoms with Crippen molar-refractivity contribution >= 4 is 27.5 Å². The molecule has 1 fully saturated rings. The Hall–Kier alpha value is -2.72. The monoisotopic (exact) mass is 433 g/mol. The number of hydrogen-bond donors (Lipinski definition) is 1. The zero-order valence-corrected chi connectivity index (χ0v) is 18.4. The molecule has 0 atom stereocenters. The topological polar surface area (TPSA) is 105 Å². The van der Waals surface area contributed by atoms with Gasteiger partial charge in [0.05, 0.1) is 11.3 Å². The fourth-order valence-electron chi connectivity index (χ4n) is 3.40. The molecule has 162 valence electrons. The molecular formula is C20H27N5O4S. The highest BCUT2D eigenvalue weighted by molar-refractivity contribution is 7.89. The number of para-hydroxylation sites is 1. The van der Waals surface area contributed by atoms with Crippen LogP contribution in [0.25, 0.3) is 0 Å². The molecule has 0 aliphatic carbocycles. The summed E-state index contributed by atoms with van der Waals surface area (Å²) in [5, 5.41) is 2.87. The van der Waals surface area contributed by atoms with Gasteiger partial charge in [0.15, 0.2) is 5.03 Å². The van der Waals surface area contributed by atoms with Crippen LogP contribution in [-0.4, -0.2) is 66.2 Å². The van der Waals surface area contributed by atoms with E-state index in [4.69, 9.17) is 0 Å². The maximum atomic E-state index is 12.8. The molecule has 1 aromatic heterocycles. The largest absolute Gasteiger partial charge is 0.345 e. The summed E-state index contributed by atoms with van der Waals surface area (Å²) in [6.07, 6.45) is 2.31. The van der Waals surface area contributed by atoms with Crippen LogP contribution in [0.5, 0.6) is 0 Å². The van der Waals surface area contributed by atoms with Crippen molar-refractivity contribution in [2.75, 3.05) is 32.5 Å². The van der Waals surface area contributed by atoms with E-state index in [1.807, 2.05) is 0 Å². The van der Waals surface area contributed by atoms with Gasteiger partial charge in [-0.05, 0) is 31.9 Å². The van der Waals surface area contributed by atoms with E-state index in [1.54, 1.807) is 56.9 Å². The van der Waals surface area contributed by atoms with E-state index >= 15 is 0 Å². The molecule has 1 aromatic carbocycles. The van der Waals surface area contributed by atoms with Crippen LogP contribution in [0.2, 0.25) is 0 Å². The highest BCUT2D eigenvalue weighted by Crippen LogP contribution is 2.25. The molecule has 10 heteroatoms. The minimum absolute atomic E-state index is 0.0292. The Labute approximate surface area is 176 Å². The van der Waals surface area contributed by atoms with E-state index in [9.17, 15) is 18.0 Å². The van der Waals surface area contributed by atoms with E-state index < -0.39 is 10.0 Å². The molecule has 2 amide bonds. The Morgan fingerprint density at radius 3 is 2.37 bits per heavy atom. The second kappa shape index (κ2) is 8.57. The molecule has 2 heterocycles. The van der Waals surface area contributed by atoms with E-state index in [-0.39, 0.29) is 35.8 Å². The normalized spacial score (nSPS) is 15.7. The number of anilines is 1. The Morgan fingerprint density at radius 2 is 1.80 bits per heavy atom. The van der Waals surface area contributed by atoms with Crippen LogP contribution >= 0.6 is 0 Å². The summed E-state index contributed by atoms with van der Waals surface area (Å²) >= 11 is 0. The molecular weight excluding hydrogens is 406 g/mol. The van der Waals surface area contributed by atoms with Gasteiger partial charge < -0.3 is 14.8 Å². The summed E-state index contributed by atoms with van der Waals surface area (Å²) in [6.45, 7) is 2.23. The van der Waals surface area contributed by atoms with Gasteiger partial charge in [-0.2, -0.15) is 4.31 Å². The molecule has 0 saturated carbocycles. The zero-order valence-electron chi connectivity index (χ0n) is 17.6. The molecule has 1 aliphatic heterocycles. The highest BCUT2D eigenvalue weighted by atomic mass is 32.2. The lowest BCUT2D eigenvalue weighted by Gasteiger charge is -2.30. The van der Waals surface area contributed by atoms with Crippen LogP contribution in [0.15, 0.2) is 35.5 Å². The first-order valence-corrected chi connectivity index (χ1v) is 11.2. The number of amides is 2. The Morgan fingerprint density at radius 1 is 1.17 bits per heavy atom. The van der Waals surface area contributed by atoms with Crippen LogP contribution in [-0.2, 0) is 21.9 Å². The molecule has 0 bridgehead atoms. The molecule has 0 spiro atoms. The fourth-order valence-corrected chi connectivity index (χ4v) is 4.89. The fraction of sp³-hybridized carbons (Fsp3) is 0.450. The van der Waals surface area contributed by atoms with Crippen molar-refractivity contribution in [1.29, 1.82) is 0 Å². The van der Waals surface area contributed by atoms with Gasteiger partial charge in [0.1, 0.15) is 5.82 Å². The van der Waals surface area contributed by atoms with Crippen molar-refractivity contribution in [2.45, 2.75) is 24.8 Å². The van der Waals surface area contributed by atoms with Crippen LogP contribution in [0.1, 0.15) is 29.0 Å². The molecule has 1 saturated heterocycles. The Bertz CT molecular complexity index is 1030. The smallest absolute Gasteiger partial charge is 0.262 e. The summed E-state index contributed by atoms with van der Waals surface area (Å²) < 4.78 is 28.7. The molecule has 3 rings (SSSR count). The van der Waals surface area contributed by atoms with Gasteiger partial charge in [-0.15, -0.1) is 0 Å². The standard InChI is InChI=1S/C20H27N5O4S/c1-14-21-18(13-24(14)4)30(28,29)25-11-9-15(10-12-25)19(26)22-17-8-6-5-7-16(17)20(27)23(2)3/h5-8,13,15H,9-12H2,1-4H3,(H,22,26). The average molecular weight is 434 g/mol. The molecule has 0 radical (unpaired) electrons. The predicted octanol–water partition coefficient (Wildman–Crippen LogP) is 1.47. The van der Waals surface area contributed by atoms with Crippen molar-refractivity contribution in [2.24, 2.45) is 13.0 Å². The molecule has 1 aliphatic rings. The number of piperidine rings is 1. The number of carbonyl (C=O) groups is 2. The van der Waals surface area contributed by atoms with Gasteiger partial charge in [-0.1, -0.05) is 12.1 Å². The van der Waals surface area contributed by atoms with Gasteiger partial charge >= 0.3 is 0 Å². The molecule has 30 heavy (non-hydrogen) atoms. The molecule has 9 nitrogen and oxygen atoms in total. The number of imidazole rings is 1. The number of nitrogens with zero attached hydrogens (tertiary/aromatic N) is 4. The third-order valence-electron chi connectivity index (χ3n) is 5.34. The van der Waals surface area contributed by atoms with Crippen molar-refractivity contribution < 1.29 is 18.0 Å². The summed E-state index contributed by atoms with van der Waals surface area (Å²) in [5.74, 6) is -0.115. The molecule has 2 aromatic rings. The summed E-state index contributed by atoms with van der Waals surface area (Å²) in [7, 11) is 1.37. The highest BCUT2D eigenvalue weighted by Gasteiger charge is 2.33. The number of nitrogens with one attached hydrogen (secondary N) is 1. The Balaban J connectivity index is 1.66. The number of carbonyl (C=O) groups excluding carboxylic acids is 2. The first kappa shape index (κ1) is 22.0. The van der Waals surface area contributed by atoms with Gasteiger partial charge in [0.25, 0.3) is 15.9 Å². The maximum Gasteiger partial charge on any atom is 0.262 e. The SMILES string of the molecule is Cc1nc(S(=O)(=O)N2CCC(C(=O)Nc3ccccc3C(=O)N(C)C)CC2)cn1C. The van der Waals surface area contributed by atoms with Crippen molar-refractivity contribution in [3.05, 3.63) is 41.9 Å². The summed E-state index contributed by atoms with van der Waals surface area (Å²) in [6, 6.07) is 6.86. The number of hydrogen-bond acceptors (Lipinski definition) is 5. The number of benzene rings is 1. The van der Waals surface area contributed by atoms with Crippen molar-refractivity contribution in [3.8, 4) is 0 Å². The number of rotatable bonds is 5. The first-order valence-electron chi connectivity index (χ1n) is 9.73. The summed E-state index contributed by atoms with van der Waals surface area (Å²) in [5.41, 5.74) is 0.876. The third-order valence-corrected chi connectivity index (χ3v) is 7.11. The lowest BCUT2D eigenvalue weighted by molar-refractivity contribution is -0.120. The number of aromatic nitrogens is 2. The van der Waals surface area contributed by atoms with Gasteiger partial charge in [0, 0.05) is 46.3 Å². The number of aryl methyl sites for hydroxylation is 2. The first-order chi connectivity index (χ1) is 14.1. The minimum Gasteiger partial charge on any atom is -0.345 e. The van der Waals surface area contributed by atoms with Gasteiger partial charge in [0.2, 0.25) is 5.91 Å². The number of sulfonamides is 1. The van der Waals surface area contributed by atoms with Gasteiger partial charge in [-0.3, -0.25) is 9.59 Å². The third kappa shape index (κ3) is 4.39. The van der Waals surface area contributed by atoms with Crippen LogP contribution in [0.3, 0.4) is 0 Å². The van der Waals surface area contributed by atoms with E-state index in [0.717, 1.165) is 0 Å². The molecule has 0 unspecified atom stereocenters. The average Bonchev–Trinajstić information content (AvgIpc) is 3.07. The van der Waals surface area contributed by atoms with E-state index in [1.165, 1.54) is 15.4 Å². The predicted molar refractivity (Wildman–Crippen MR) is 113 cm³/mol. The van der Waals surface area contributed by atoms with Crippen molar-refractivity contribution in [1.82, 2.24) is 18.8 Å². The molecule has 1 N–H and O–H groups in total. The Kier molecular flexibility index (Phi) is 6.27. The van der Waals surface area contributed by atoms with E-state index in [2.05, 4.69) is 10.3 Å². The second-order valence-electron chi connectivity index (χ2n) is 7.65. The van der Waals surface area contributed by atoms with Crippen LogP contribution < -0.4 is 5.32 Å². The van der Waals surface area contributed by atoms with Gasteiger partial charge in [-0.25, -0.2) is 13.4 Å². The van der Waals surface area contributed by atoms with E-state index in [0.29, 0.717) is 29.9 Å². The quantitative estimate of drug-likeness (QED) is 0.769. The summed E-state index contributed by atoms with van der Waals surface area (Å²) in [4.78, 5) is 30.7. The maximum absolute atomic E-state index is 12.8. The zero-order chi connectivity index (χ0) is 22.1. The lowest BCUT2D eigenvalue weighted by Crippen LogP contribution is -2.41. The second-order valence-corrected chi connectivity index (χ2v) is 9.53. The minimum atomic E-state index is -3.68. The van der Waals surface area contributed by atoms with Crippen LogP contribution in [0.4, 0.5) is 5.69 Å². The van der Waals surface area contributed by atoms with Crippen molar-refractivity contribution in [3.63, 3.8) is 0 Å². The lowest BCUT2D eigenvalue weighted by atomic mass is 9.97. The van der Waals surface area contributed by atoms with Crippen LogP contribution in [0, 0.1) is 12.8 Å².